The fourth-order valence-corrected chi connectivity index (χ4v) is 4.40. The van der Waals surface area contributed by atoms with Crippen LogP contribution < -0.4 is 0 Å². The van der Waals surface area contributed by atoms with Gasteiger partial charge in [-0.25, -0.2) is 0 Å². The normalized spacial score (nSPS) is 29.4. The molecular weight excluding hydrogens is 224 g/mol. The van der Waals surface area contributed by atoms with Crippen molar-refractivity contribution in [3.63, 3.8) is 0 Å². The van der Waals surface area contributed by atoms with Crippen molar-refractivity contribution in [1.29, 1.82) is 0 Å². The lowest BCUT2D eigenvalue weighted by atomic mass is 10.5. The van der Waals surface area contributed by atoms with E-state index in [1.165, 1.54) is 0 Å². The third-order valence-electron chi connectivity index (χ3n) is 2.96. The minimum atomic E-state index is -2.30. The Bertz CT molecular complexity index is 218. The summed E-state index contributed by atoms with van der Waals surface area (Å²) >= 11 is 0. The standard InChI is InChI=1S/C11H24O4Si/c1-6-9-12-10-11(4,15-10)16(5,13-7-2)14-8-3/h10H,6-9H2,1-5H3. The lowest BCUT2D eigenvalue weighted by Crippen LogP contribution is -2.53. The molecule has 4 nitrogen and oxygen atoms in total. The van der Waals surface area contributed by atoms with Gasteiger partial charge in [-0.15, -0.1) is 0 Å². The SMILES string of the molecule is CCCOC1OC1(C)[Si](C)(OCC)OCC. The van der Waals surface area contributed by atoms with E-state index in [4.69, 9.17) is 18.3 Å². The average molecular weight is 248 g/mol. The minimum absolute atomic E-state index is 0.151. The van der Waals surface area contributed by atoms with Crippen LogP contribution in [0.25, 0.3) is 0 Å². The Morgan fingerprint density at radius 2 is 1.75 bits per heavy atom. The number of epoxide rings is 1. The first-order valence-corrected chi connectivity index (χ1v) is 8.43. The summed E-state index contributed by atoms with van der Waals surface area (Å²) in [6.07, 6.45) is 0.847. The fraction of sp³-hybridized carbons (Fsp3) is 1.00. The predicted octanol–water partition coefficient (Wildman–Crippen LogP) is 2.21. The van der Waals surface area contributed by atoms with Crippen LogP contribution in [0.1, 0.15) is 34.1 Å². The Balaban J connectivity index is 2.58. The Morgan fingerprint density at radius 1 is 1.19 bits per heavy atom. The first-order chi connectivity index (χ1) is 7.54. The van der Waals surface area contributed by atoms with Crippen LogP contribution in [-0.2, 0) is 18.3 Å². The van der Waals surface area contributed by atoms with Gasteiger partial charge in [0, 0.05) is 19.8 Å². The van der Waals surface area contributed by atoms with Crippen molar-refractivity contribution in [3.8, 4) is 0 Å². The molecule has 0 aliphatic carbocycles. The first kappa shape index (κ1) is 14.1. The highest BCUT2D eigenvalue weighted by atomic mass is 28.4. The first-order valence-electron chi connectivity index (χ1n) is 6.11. The van der Waals surface area contributed by atoms with Crippen LogP contribution in [0.2, 0.25) is 6.55 Å². The maximum absolute atomic E-state index is 5.82. The zero-order valence-corrected chi connectivity index (χ0v) is 12.0. The molecule has 0 aromatic rings. The average Bonchev–Trinajstić information content (AvgIpc) is 2.89. The molecule has 0 bridgehead atoms. The molecule has 5 heteroatoms. The van der Waals surface area contributed by atoms with E-state index in [1.807, 2.05) is 20.8 Å². The van der Waals surface area contributed by atoms with Gasteiger partial charge in [-0.3, -0.25) is 0 Å². The molecule has 1 fully saturated rings. The summed E-state index contributed by atoms with van der Waals surface area (Å²) in [6.45, 7) is 12.2. The molecule has 96 valence electrons. The highest BCUT2D eigenvalue weighted by Gasteiger charge is 2.70. The van der Waals surface area contributed by atoms with E-state index in [2.05, 4.69) is 13.5 Å². The maximum atomic E-state index is 5.82. The molecule has 16 heavy (non-hydrogen) atoms. The van der Waals surface area contributed by atoms with Crippen molar-refractivity contribution in [1.82, 2.24) is 0 Å². The fourth-order valence-electron chi connectivity index (χ4n) is 1.81. The van der Waals surface area contributed by atoms with Gasteiger partial charge in [0.2, 0.25) is 0 Å². The van der Waals surface area contributed by atoms with Gasteiger partial charge in [0.05, 0.1) is 0 Å². The smallest absolute Gasteiger partial charge is 0.373 e. The van der Waals surface area contributed by atoms with Gasteiger partial charge in [-0.1, -0.05) is 6.92 Å². The van der Waals surface area contributed by atoms with Crippen LogP contribution in [0, 0.1) is 0 Å². The Hall–Kier alpha value is 0.0569. The van der Waals surface area contributed by atoms with Gasteiger partial charge >= 0.3 is 8.56 Å². The van der Waals surface area contributed by atoms with Crippen LogP contribution in [0.3, 0.4) is 0 Å². The quantitative estimate of drug-likeness (QED) is 0.488. The molecule has 1 saturated heterocycles. The summed E-state index contributed by atoms with van der Waals surface area (Å²) < 4.78 is 22.9. The topological polar surface area (TPSA) is 40.2 Å². The zero-order valence-electron chi connectivity index (χ0n) is 11.0. The van der Waals surface area contributed by atoms with E-state index in [-0.39, 0.29) is 11.5 Å². The van der Waals surface area contributed by atoms with Crippen LogP contribution in [0.15, 0.2) is 0 Å². The summed E-state index contributed by atoms with van der Waals surface area (Å²) in [6, 6.07) is 0. The molecule has 0 amide bonds. The Kier molecular flexibility index (Phi) is 4.94. The largest absolute Gasteiger partial charge is 0.393 e. The molecule has 2 atom stereocenters. The second kappa shape index (κ2) is 5.60. The van der Waals surface area contributed by atoms with Gasteiger partial charge < -0.3 is 18.3 Å². The molecule has 0 saturated carbocycles. The summed E-state index contributed by atoms with van der Waals surface area (Å²) in [7, 11) is -2.30. The maximum Gasteiger partial charge on any atom is 0.373 e. The molecule has 0 aromatic carbocycles. The molecule has 1 aliphatic rings. The monoisotopic (exact) mass is 248 g/mol. The van der Waals surface area contributed by atoms with Crippen molar-refractivity contribution in [2.75, 3.05) is 19.8 Å². The highest BCUT2D eigenvalue weighted by Crippen LogP contribution is 2.45. The summed E-state index contributed by atoms with van der Waals surface area (Å²) in [5.74, 6) is 0. The van der Waals surface area contributed by atoms with Crippen molar-refractivity contribution >= 4 is 8.56 Å². The molecular formula is C11H24O4Si. The van der Waals surface area contributed by atoms with Gasteiger partial charge in [0.15, 0.2) is 11.5 Å². The van der Waals surface area contributed by atoms with Crippen LogP contribution in [0.4, 0.5) is 0 Å². The summed E-state index contributed by atoms with van der Waals surface area (Å²) in [5, 5.41) is -0.353. The summed E-state index contributed by atoms with van der Waals surface area (Å²) in [4.78, 5) is 0. The van der Waals surface area contributed by atoms with E-state index in [9.17, 15) is 0 Å². The molecule has 0 aromatic heterocycles. The third-order valence-corrected chi connectivity index (χ3v) is 6.80. The summed E-state index contributed by atoms with van der Waals surface area (Å²) in [5.41, 5.74) is 0. The second-order valence-electron chi connectivity index (χ2n) is 4.24. The second-order valence-corrected chi connectivity index (χ2v) is 7.70. The van der Waals surface area contributed by atoms with Crippen LogP contribution >= 0.6 is 0 Å². The van der Waals surface area contributed by atoms with Gasteiger partial charge in [0.1, 0.15) is 0 Å². The van der Waals surface area contributed by atoms with Gasteiger partial charge in [-0.2, -0.15) is 0 Å². The molecule has 2 unspecified atom stereocenters. The third kappa shape index (κ3) is 2.65. The van der Waals surface area contributed by atoms with Crippen molar-refractivity contribution in [2.45, 2.75) is 52.2 Å². The Labute approximate surface area is 99.5 Å². The van der Waals surface area contributed by atoms with E-state index in [0.717, 1.165) is 13.0 Å². The lowest BCUT2D eigenvalue weighted by Gasteiger charge is -2.29. The van der Waals surface area contributed by atoms with E-state index in [0.29, 0.717) is 13.2 Å². The van der Waals surface area contributed by atoms with E-state index >= 15 is 0 Å². The van der Waals surface area contributed by atoms with E-state index in [1.54, 1.807) is 0 Å². The number of ether oxygens (including phenoxy) is 2. The lowest BCUT2D eigenvalue weighted by molar-refractivity contribution is 0.0506. The van der Waals surface area contributed by atoms with Crippen molar-refractivity contribution < 1.29 is 18.3 Å². The minimum Gasteiger partial charge on any atom is -0.393 e. The zero-order chi connectivity index (χ0) is 12.2. The van der Waals surface area contributed by atoms with Crippen LogP contribution in [0.5, 0.6) is 0 Å². The van der Waals surface area contributed by atoms with Crippen LogP contribution in [-0.4, -0.2) is 39.9 Å². The highest BCUT2D eigenvalue weighted by molar-refractivity contribution is 6.70. The van der Waals surface area contributed by atoms with Crippen molar-refractivity contribution in [2.24, 2.45) is 0 Å². The Morgan fingerprint density at radius 3 is 2.19 bits per heavy atom. The van der Waals surface area contributed by atoms with Crippen molar-refractivity contribution in [3.05, 3.63) is 0 Å². The number of hydrogen-bond donors (Lipinski definition) is 0. The predicted molar refractivity (Wildman–Crippen MR) is 64.4 cm³/mol. The molecule has 1 heterocycles. The van der Waals surface area contributed by atoms with Gasteiger partial charge in [-0.05, 0) is 33.7 Å². The number of rotatable bonds is 8. The number of hydrogen-bond acceptors (Lipinski definition) is 4. The molecule has 1 rings (SSSR count). The molecule has 0 radical (unpaired) electrons. The molecule has 0 spiro atoms. The molecule has 1 aliphatic heterocycles. The molecule has 0 N–H and O–H groups in total. The van der Waals surface area contributed by atoms with E-state index < -0.39 is 8.56 Å². The van der Waals surface area contributed by atoms with Gasteiger partial charge in [0.25, 0.3) is 0 Å².